The molecule has 1 aromatic heterocycles. The van der Waals surface area contributed by atoms with Gasteiger partial charge in [-0.3, -0.25) is 9.59 Å². The number of rotatable bonds is 18. The van der Waals surface area contributed by atoms with E-state index in [4.69, 9.17) is 15.8 Å². The van der Waals surface area contributed by atoms with Gasteiger partial charge in [0.1, 0.15) is 12.1 Å². The number of amides is 1. The molecule has 8 nitrogen and oxygen atoms in total. The van der Waals surface area contributed by atoms with Crippen LogP contribution in [0.15, 0.2) is 18.7 Å². The van der Waals surface area contributed by atoms with E-state index in [1.807, 2.05) is 14.0 Å². The van der Waals surface area contributed by atoms with Gasteiger partial charge in [-0.05, 0) is 76.1 Å². The number of carboxylic acid groups (broad SMARTS) is 1. The van der Waals surface area contributed by atoms with Crippen molar-refractivity contribution in [3.63, 3.8) is 0 Å². The number of carboxylic acids is 1. The quantitative estimate of drug-likeness (QED) is 0.108. The molecule has 0 bridgehead atoms. The average Bonchev–Trinajstić information content (AvgIpc) is 2.88. The summed E-state index contributed by atoms with van der Waals surface area (Å²) in [4.78, 5) is 35.5. The predicted molar refractivity (Wildman–Crippen MR) is 156 cm³/mol. The van der Waals surface area contributed by atoms with Gasteiger partial charge < -0.3 is 26.3 Å². The number of pyridine rings is 1. The molecule has 1 amide bonds. The number of carbonyl (C=O) groups is 3. The zero-order chi connectivity index (χ0) is 28.4. The lowest BCUT2D eigenvalue weighted by Gasteiger charge is -2.20. The van der Waals surface area contributed by atoms with E-state index in [-0.39, 0.29) is 5.91 Å². The first-order chi connectivity index (χ1) is 18.4. The van der Waals surface area contributed by atoms with Crippen LogP contribution in [0.4, 0.5) is 5.82 Å². The maximum absolute atomic E-state index is 10.5. The number of aryl methyl sites for hydroxylation is 2. The first-order valence-electron chi connectivity index (χ1n) is 14.3. The molecule has 1 aromatic rings. The molecule has 0 saturated heterocycles. The van der Waals surface area contributed by atoms with Gasteiger partial charge in [-0.1, -0.05) is 44.6 Å². The number of aliphatic carboxylic acids is 1. The van der Waals surface area contributed by atoms with Gasteiger partial charge in [0.15, 0.2) is 0 Å². The standard InChI is InChI=1S/C19H31N3O2.C8H15NO2.C3H6/c1-20-14-16-13-15-9-8-12-21-19(15)22-17(16)10-6-4-2-3-5-7-11-18(23)24;9-8(11)6-4-2-1-3-5-7-10;1-3-2/h13,20H,2-12,14H2,1H3,(H,21,22)(H,23,24);7H,1-6H2,(H2,9,11);3H,1H2,2H3. The van der Waals surface area contributed by atoms with Crippen LogP contribution in [-0.4, -0.2) is 41.8 Å². The Morgan fingerprint density at radius 2 is 1.68 bits per heavy atom. The fourth-order valence-electron chi connectivity index (χ4n) is 4.19. The SMILES string of the molecule is C=CC.CNCc1cc2c(nc1CCCCCCCCC(=O)O)NCCC2.NC(=O)CCCCCCC=O. The lowest BCUT2D eigenvalue weighted by Crippen LogP contribution is -2.17. The molecule has 0 saturated carbocycles. The van der Waals surface area contributed by atoms with Crippen LogP contribution in [0.3, 0.4) is 0 Å². The van der Waals surface area contributed by atoms with Crippen LogP contribution in [0.1, 0.15) is 114 Å². The third-order valence-electron chi connectivity index (χ3n) is 6.10. The van der Waals surface area contributed by atoms with Crippen molar-refractivity contribution >= 4 is 24.0 Å². The second-order valence-electron chi connectivity index (χ2n) is 9.67. The molecule has 2 heterocycles. The Morgan fingerprint density at radius 3 is 2.29 bits per heavy atom. The molecule has 0 unspecified atom stereocenters. The van der Waals surface area contributed by atoms with E-state index < -0.39 is 5.97 Å². The van der Waals surface area contributed by atoms with Gasteiger partial charge in [-0.2, -0.15) is 0 Å². The number of unbranched alkanes of at least 4 members (excludes halogenated alkanes) is 9. The smallest absolute Gasteiger partial charge is 0.303 e. The molecule has 1 aliphatic heterocycles. The Balaban J connectivity index is 0.000000819. The molecule has 0 aromatic carbocycles. The number of aromatic nitrogens is 1. The number of fused-ring (bicyclic) bond motifs is 1. The Kier molecular flexibility index (Phi) is 22.8. The summed E-state index contributed by atoms with van der Waals surface area (Å²) in [5.41, 5.74) is 8.85. The number of allylic oxidation sites excluding steroid dienone is 1. The number of hydrogen-bond acceptors (Lipinski definition) is 6. The molecule has 0 fully saturated rings. The van der Waals surface area contributed by atoms with Crippen molar-refractivity contribution in [2.75, 3.05) is 18.9 Å². The van der Waals surface area contributed by atoms with Crippen molar-refractivity contribution in [3.05, 3.63) is 35.5 Å². The van der Waals surface area contributed by atoms with Gasteiger partial charge in [0, 0.05) is 38.0 Å². The number of nitrogens with one attached hydrogen (secondary N) is 2. The Labute approximate surface area is 230 Å². The highest BCUT2D eigenvalue weighted by molar-refractivity contribution is 5.73. The van der Waals surface area contributed by atoms with E-state index in [2.05, 4.69) is 23.3 Å². The second-order valence-corrected chi connectivity index (χ2v) is 9.67. The lowest BCUT2D eigenvalue weighted by molar-refractivity contribution is -0.137. The minimum Gasteiger partial charge on any atom is -0.481 e. The fraction of sp³-hybridized carbons (Fsp3) is 0.667. The number of nitrogens with two attached hydrogens (primary N) is 1. The molecule has 0 radical (unpaired) electrons. The van der Waals surface area contributed by atoms with Crippen LogP contribution < -0.4 is 16.4 Å². The Bertz CT molecular complexity index is 799. The largest absolute Gasteiger partial charge is 0.481 e. The molecule has 216 valence electrons. The summed E-state index contributed by atoms with van der Waals surface area (Å²) in [6.07, 6.45) is 17.7. The molecule has 38 heavy (non-hydrogen) atoms. The van der Waals surface area contributed by atoms with Gasteiger partial charge in [-0.25, -0.2) is 4.98 Å². The van der Waals surface area contributed by atoms with E-state index in [0.717, 1.165) is 89.4 Å². The van der Waals surface area contributed by atoms with Gasteiger partial charge in [0.05, 0.1) is 0 Å². The highest BCUT2D eigenvalue weighted by Gasteiger charge is 2.14. The van der Waals surface area contributed by atoms with Crippen LogP contribution in [0.2, 0.25) is 0 Å². The predicted octanol–water partition coefficient (Wildman–Crippen LogP) is 5.72. The van der Waals surface area contributed by atoms with E-state index in [1.165, 1.54) is 36.1 Å². The molecule has 8 heteroatoms. The van der Waals surface area contributed by atoms with Crippen molar-refractivity contribution in [2.45, 2.75) is 116 Å². The fourth-order valence-corrected chi connectivity index (χ4v) is 4.19. The first kappa shape index (κ1) is 35.3. The zero-order valence-electron chi connectivity index (χ0n) is 23.9. The van der Waals surface area contributed by atoms with Crippen LogP contribution in [0, 0.1) is 0 Å². The summed E-state index contributed by atoms with van der Waals surface area (Å²) in [7, 11) is 1.98. The summed E-state index contributed by atoms with van der Waals surface area (Å²) in [6, 6.07) is 2.33. The highest BCUT2D eigenvalue weighted by Crippen LogP contribution is 2.24. The minimum atomic E-state index is -0.681. The van der Waals surface area contributed by atoms with Crippen LogP contribution in [0.5, 0.6) is 0 Å². The molecule has 0 spiro atoms. The van der Waals surface area contributed by atoms with Crippen LogP contribution >= 0.6 is 0 Å². The van der Waals surface area contributed by atoms with Crippen molar-refractivity contribution in [1.29, 1.82) is 0 Å². The topological polar surface area (TPSA) is 134 Å². The van der Waals surface area contributed by atoms with Crippen molar-refractivity contribution < 1.29 is 19.5 Å². The Hall–Kier alpha value is -2.74. The molecule has 2 rings (SSSR count). The zero-order valence-corrected chi connectivity index (χ0v) is 23.9. The molecular weight excluding hydrogens is 480 g/mol. The molecular formula is C30H52N4O4. The third-order valence-corrected chi connectivity index (χ3v) is 6.10. The van der Waals surface area contributed by atoms with Crippen molar-refractivity contribution in [2.24, 2.45) is 5.73 Å². The Morgan fingerprint density at radius 1 is 1.08 bits per heavy atom. The minimum absolute atomic E-state index is 0.236. The maximum Gasteiger partial charge on any atom is 0.303 e. The number of carbonyl (C=O) groups excluding carboxylic acids is 2. The van der Waals surface area contributed by atoms with Crippen molar-refractivity contribution in [3.8, 4) is 0 Å². The summed E-state index contributed by atoms with van der Waals surface area (Å²) in [6.45, 7) is 7.16. The normalized spacial score (nSPS) is 11.5. The number of aldehydes is 1. The van der Waals surface area contributed by atoms with Gasteiger partial charge in [-0.15, -0.1) is 6.58 Å². The number of hydrogen-bond donors (Lipinski definition) is 4. The lowest BCUT2D eigenvalue weighted by atomic mass is 10.00. The molecule has 5 N–H and O–H groups in total. The van der Waals surface area contributed by atoms with Gasteiger partial charge in [0.25, 0.3) is 0 Å². The summed E-state index contributed by atoms with van der Waals surface area (Å²) < 4.78 is 0. The van der Waals surface area contributed by atoms with Crippen LogP contribution in [-0.2, 0) is 33.8 Å². The van der Waals surface area contributed by atoms with Crippen molar-refractivity contribution in [1.82, 2.24) is 10.3 Å². The molecule has 0 aliphatic carbocycles. The van der Waals surface area contributed by atoms with Crippen LogP contribution in [0.25, 0.3) is 0 Å². The number of nitrogens with zero attached hydrogens (tertiary/aromatic N) is 1. The summed E-state index contributed by atoms with van der Waals surface area (Å²) in [5.74, 6) is 0.171. The molecule has 0 atom stereocenters. The highest BCUT2D eigenvalue weighted by atomic mass is 16.4. The van der Waals surface area contributed by atoms with E-state index in [9.17, 15) is 14.4 Å². The number of primary amides is 1. The number of anilines is 1. The monoisotopic (exact) mass is 532 g/mol. The maximum atomic E-state index is 10.5. The van der Waals surface area contributed by atoms with E-state index in [0.29, 0.717) is 19.3 Å². The second kappa shape index (κ2) is 24.6. The summed E-state index contributed by atoms with van der Waals surface area (Å²) >= 11 is 0. The summed E-state index contributed by atoms with van der Waals surface area (Å²) in [5, 5.41) is 15.3. The van der Waals surface area contributed by atoms with Gasteiger partial charge >= 0.3 is 5.97 Å². The van der Waals surface area contributed by atoms with Gasteiger partial charge in [0.2, 0.25) is 5.91 Å². The third kappa shape index (κ3) is 19.4. The molecule has 1 aliphatic rings. The van der Waals surface area contributed by atoms with E-state index >= 15 is 0 Å². The first-order valence-corrected chi connectivity index (χ1v) is 14.3. The van der Waals surface area contributed by atoms with E-state index in [1.54, 1.807) is 6.08 Å². The average molecular weight is 533 g/mol.